The van der Waals surface area contributed by atoms with Crippen molar-refractivity contribution in [3.05, 3.63) is 11.3 Å². The molecular weight excluding hydrogens is 272 g/mol. The van der Waals surface area contributed by atoms with Crippen LogP contribution in [0, 0.1) is 17.2 Å². The summed E-state index contributed by atoms with van der Waals surface area (Å²) in [4.78, 5) is 29.9. The molecule has 0 aromatic carbocycles. The van der Waals surface area contributed by atoms with E-state index in [0.717, 1.165) is 10.5 Å². The van der Waals surface area contributed by atoms with Gasteiger partial charge in [-0.1, -0.05) is 6.92 Å². The van der Waals surface area contributed by atoms with Crippen LogP contribution in [0.5, 0.6) is 0 Å². The first kappa shape index (κ1) is 14.9. The van der Waals surface area contributed by atoms with E-state index in [1.54, 1.807) is 13.3 Å². The fourth-order valence-corrected chi connectivity index (χ4v) is 2.43. The summed E-state index contributed by atoms with van der Waals surface area (Å²) in [6, 6.07) is 1.30. The molecule has 0 aromatic heterocycles. The molecule has 0 saturated carbocycles. The summed E-state index contributed by atoms with van der Waals surface area (Å²) < 4.78 is 6.93. The second-order valence-electron chi connectivity index (χ2n) is 4.65. The molecule has 2 rings (SSSR count). The first-order valence-electron chi connectivity index (χ1n) is 6.79. The third kappa shape index (κ3) is 2.33. The Kier molecular flexibility index (Phi) is 4.17. The maximum Gasteiger partial charge on any atom is 0.446 e. The topological polar surface area (TPSA) is 85.8 Å². The van der Waals surface area contributed by atoms with E-state index < -0.39 is 17.9 Å². The second kappa shape index (κ2) is 5.87. The molecule has 2 aliphatic rings. The molecule has 2 heterocycles. The van der Waals surface area contributed by atoms with Gasteiger partial charge in [0.25, 0.3) is 5.84 Å². The van der Waals surface area contributed by atoms with Crippen LogP contribution >= 0.6 is 0 Å². The molecule has 0 aromatic rings. The highest BCUT2D eigenvalue weighted by Gasteiger charge is 2.50. The molecule has 0 bridgehead atoms. The number of nitriles is 1. The number of urea groups is 1. The van der Waals surface area contributed by atoms with E-state index in [2.05, 4.69) is 4.99 Å². The van der Waals surface area contributed by atoms with Gasteiger partial charge in [0, 0.05) is 5.57 Å². The Hall–Kier alpha value is -2.49. The van der Waals surface area contributed by atoms with Gasteiger partial charge < -0.3 is 4.74 Å². The van der Waals surface area contributed by atoms with Gasteiger partial charge >= 0.3 is 11.9 Å². The summed E-state index contributed by atoms with van der Waals surface area (Å²) in [6.07, 6.45) is 2.31. The van der Waals surface area contributed by atoms with E-state index in [4.69, 9.17) is 10.00 Å². The number of ether oxygens (including phenoxy) is 1. The minimum absolute atomic E-state index is 0.281. The fourth-order valence-electron chi connectivity index (χ4n) is 2.43. The van der Waals surface area contributed by atoms with Crippen LogP contribution in [-0.2, 0) is 9.53 Å². The predicted molar refractivity (Wildman–Crippen MR) is 74.8 cm³/mol. The number of rotatable bonds is 4. The lowest BCUT2D eigenvalue weighted by Crippen LogP contribution is -2.55. The molecular formula is C14H17N4O3+. The molecule has 3 amide bonds. The van der Waals surface area contributed by atoms with Crippen molar-refractivity contribution >= 4 is 24.0 Å². The molecule has 21 heavy (non-hydrogen) atoms. The molecule has 110 valence electrons. The summed E-state index contributed by atoms with van der Waals surface area (Å²) in [5.74, 6) is -0.334. The minimum atomic E-state index is -0.749. The molecule has 0 radical (unpaired) electrons. The first-order chi connectivity index (χ1) is 10.1. The molecule has 7 nitrogen and oxygen atoms in total. The number of carbonyl (C=O) groups is 2. The number of dihydropyridines is 1. The van der Waals surface area contributed by atoms with Crippen LogP contribution in [0.2, 0.25) is 0 Å². The highest BCUT2D eigenvalue weighted by atomic mass is 16.5. The number of allylic oxidation sites excluding steroid dienone is 1. The van der Waals surface area contributed by atoms with Crippen LogP contribution in [0.4, 0.5) is 4.79 Å². The number of hydrogen-bond donors (Lipinski definition) is 0. The van der Waals surface area contributed by atoms with Crippen LogP contribution < -0.4 is 0 Å². The molecule has 1 unspecified atom stereocenters. The monoisotopic (exact) mass is 289 g/mol. The zero-order chi connectivity index (χ0) is 15.6. The molecule has 0 spiro atoms. The summed E-state index contributed by atoms with van der Waals surface area (Å²) in [6.45, 7) is 3.91. The zero-order valence-electron chi connectivity index (χ0n) is 12.3. The van der Waals surface area contributed by atoms with Gasteiger partial charge in [0.2, 0.25) is 0 Å². The van der Waals surface area contributed by atoms with Crippen LogP contribution in [0.3, 0.4) is 0 Å². The lowest BCUT2D eigenvalue weighted by atomic mass is 9.94. The number of nitrogens with zero attached hydrogens (tertiary/aromatic N) is 4. The standard InChI is InChI=1S/C14H17N4O3/c1-4-9-8-16-12-10(11(9)21-5-2)13(19)18(7-6-15)14(20)17(12)3/h8,10H,4-5,7H2,1-3H3/q+1. The summed E-state index contributed by atoms with van der Waals surface area (Å²) in [5, 5.41) is 8.81. The lowest BCUT2D eigenvalue weighted by molar-refractivity contribution is -0.408. The SMILES string of the molecule is CCOC1=C(CC)C=NC2=[N+](C)C(=O)N(CC#N)C(=O)C12. The highest BCUT2D eigenvalue weighted by molar-refractivity contribution is 6.16. The maximum absolute atomic E-state index is 12.6. The second-order valence-corrected chi connectivity index (χ2v) is 4.65. The number of amides is 3. The minimum Gasteiger partial charge on any atom is -0.496 e. The van der Waals surface area contributed by atoms with Gasteiger partial charge in [0.15, 0.2) is 12.5 Å². The number of amidine groups is 1. The normalized spacial score (nSPS) is 21.6. The number of hydrogen-bond acceptors (Lipinski definition) is 5. The van der Waals surface area contributed by atoms with Gasteiger partial charge in [0.05, 0.1) is 13.7 Å². The van der Waals surface area contributed by atoms with Crippen molar-refractivity contribution in [3.8, 4) is 6.07 Å². The number of imide groups is 1. The quantitative estimate of drug-likeness (QED) is 0.568. The lowest BCUT2D eigenvalue weighted by Gasteiger charge is -2.28. The molecule has 1 atom stereocenters. The number of carbonyl (C=O) groups excluding carboxylic acids is 2. The third-order valence-electron chi connectivity index (χ3n) is 3.47. The van der Waals surface area contributed by atoms with Crippen LogP contribution in [0.1, 0.15) is 20.3 Å². The Morgan fingerprint density at radius 1 is 1.48 bits per heavy atom. The fraction of sp³-hybridized carbons (Fsp3) is 0.500. The molecule has 0 N–H and O–H groups in total. The third-order valence-corrected chi connectivity index (χ3v) is 3.47. The zero-order valence-corrected chi connectivity index (χ0v) is 12.3. The van der Waals surface area contributed by atoms with Crippen molar-refractivity contribution in [1.82, 2.24) is 4.90 Å². The van der Waals surface area contributed by atoms with Crippen molar-refractivity contribution < 1.29 is 18.9 Å². The van der Waals surface area contributed by atoms with Crippen molar-refractivity contribution in [2.75, 3.05) is 20.2 Å². The Morgan fingerprint density at radius 2 is 2.19 bits per heavy atom. The van der Waals surface area contributed by atoms with Crippen LogP contribution in [-0.4, -0.2) is 53.7 Å². The van der Waals surface area contributed by atoms with E-state index in [0.29, 0.717) is 24.6 Å². The molecule has 7 heteroatoms. The van der Waals surface area contributed by atoms with Gasteiger partial charge in [-0.2, -0.15) is 14.7 Å². The van der Waals surface area contributed by atoms with Crippen molar-refractivity contribution in [2.24, 2.45) is 10.9 Å². The number of fused-ring (bicyclic) bond motifs is 1. The predicted octanol–water partition coefficient (Wildman–Crippen LogP) is 0.914. The van der Waals surface area contributed by atoms with Gasteiger partial charge in [-0.05, 0) is 13.3 Å². The van der Waals surface area contributed by atoms with Gasteiger partial charge in [-0.15, -0.1) is 4.99 Å². The van der Waals surface area contributed by atoms with E-state index in [9.17, 15) is 9.59 Å². The van der Waals surface area contributed by atoms with E-state index in [1.165, 1.54) is 4.58 Å². The molecule has 0 fully saturated rings. The summed E-state index contributed by atoms with van der Waals surface area (Å²) in [7, 11) is 1.54. The average molecular weight is 289 g/mol. The van der Waals surface area contributed by atoms with E-state index in [1.807, 2.05) is 19.9 Å². The smallest absolute Gasteiger partial charge is 0.446 e. The van der Waals surface area contributed by atoms with E-state index in [-0.39, 0.29) is 6.54 Å². The van der Waals surface area contributed by atoms with Crippen LogP contribution in [0.25, 0.3) is 0 Å². The number of aliphatic imine (C=N–C) groups is 1. The largest absolute Gasteiger partial charge is 0.496 e. The summed E-state index contributed by atoms with van der Waals surface area (Å²) in [5.41, 5.74) is 0.832. The van der Waals surface area contributed by atoms with Crippen molar-refractivity contribution in [3.63, 3.8) is 0 Å². The Labute approximate surface area is 122 Å². The van der Waals surface area contributed by atoms with E-state index >= 15 is 0 Å². The van der Waals surface area contributed by atoms with Gasteiger partial charge in [-0.3, -0.25) is 4.79 Å². The molecule has 2 aliphatic heterocycles. The molecule has 0 saturated heterocycles. The maximum atomic E-state index is 12.6. The first-order valence-corrected chi connectivity index (χ1v) is 6.79. The van der Waals surface area contributed by atoms with Crippen LogP contribution in [0.15, 0.2) is 16.3 Å². The Morgan fingerprint density at radius 3 is 2.76 bits per heavy atom. The van der Waals surface area contributed by atoms with Gasteiger partial charge in [0.1, 0.15) is 18.0 Å². The van der Waals surface area contributed by atoms with Crippen molar-refractivity contribution in [2.45, 2.75) is 20.3 Å². The van der Waals surface area contributed by atoms with Crippen molar-refractivity contribution in [1.29, 1.82) is 5.26 Å². The molecule has 0 aliphatic carbocycles. The van der Waals surface area contributed by atoms with Gasteiger partial charge in [-0.25, -0.2) is 4.79 Å². The Bertz CT molecular complexity index is 625. The average Bonchev–Trinajstić information content (AvgIpc) is 2.49. The summed E-state index contributed by atoms with van der Waals surface area (Å²) >= 11 is 0. The Balaban J connectivity index is 2.57. The highest BCUT2D eigenvalue weighted by Crippen LogP contribution is 2.29.